The molecule has 0 aliphatic carbocycles. The molecule has 106 valence electrons. The number of aromatic nitrogens is 2. The normalized spacial score (nSPS) is 14.0. The second-order valence-electron chi connectivity index (χ2n) is 5.21. The summed E-state index contributed by atoms with van der Waals surface area (Å²) in [7, 11) is 1.28. The van der Waals surface area contributed by atoms with Gasteiger partial charge in [0.05, 0.1) is 12.7 Å². The number of aliphatic hydroxyl groups is 1. The fourth-order valence-electron chi connectivity index (χ4n) is 1.88. The molecule has 1 rings (SSSR count). The summed E-state index contributed by atoms with van der Waals surface area (Å²) in [5.41, 5.74) is -0.829. The smallest absolute Gasteiger partial charge is 0.376 e. The molecule has 0 amide bonds. The van der Waals surface area contributed by atoms with Gasteiger partial charge in [-0.25, -0.2) is 14.8 Å². The molecule has 0 saturated carbocycles. The van der Waals surface area contributed by atoms with Crippen LogP contribution in [-0.2, 0) is 4.74 Å². The first-order chi connectivity index (χ1) is 8.84. The van der Waals surface area contributed by atoms with Gasteiger partial charge in [-0.3, -0.25) is 0 Å². The molecule has 2 N–H and O–H groups in total. The van der Waals surface area contributed by atoms with E-state index in [4.69, 9.17) is 0 Å². The maximum Gasteiger partial charge on any atom is 0.376 e. The van der Waals surface area contributed by atoms with Gasteiger partial charge in [-0.15, -0.1) is 0 Å². The van der Waals surface area contributed by atoms with Crippen LogP contribution in [0.5, 0.6) is 0 Å². The van der Waals surface area contributed by atoms with Crippen LogP contribution in [-0.4, -0.2) is 40.3 Å². The highest BCUT2D eigenvalue weighted by Crippen LogP contribution is 2.16. The number of carbonyl (C=O) groups is 1. The van der Waals surface area contributed by atoms with E-state index in [1.807, 2.05) is 0 Å². The number of hydrogen-bond donors (Lipinski definition) is 2. The van der Waals surface area contributed by atoms with Crippen LogP contribution in [0.2, 0.25) is 0 Å². The van der Waals surface area contributed by atoms with Crippen molar-refractivity contribution in [2.24, 2.45) is 5.92 Å². The third-order valence-corrected chi connectivity index (χ3v) is 2.52. The number of hydrogen-bond acceptors (Lipinski definition) is 6. The Labute approximate surface area is 113 Å². The largest absolute Gasteiger partial charge is 0.463 e. The second-order valence-corrected chi connectivity index (χ2v) is 5.21. The molecule has 1 unspecified atom stereocenters. The van der Waals surface area contributed by atoms with Gasteiger partial charge in [-0.2, -0.15) is 0 Å². The highest BCUT2D eigenvalue weighted by Gasteiger charge is 2.21. The van der Waals surface area contributed by atoms with Crippen LogP contribution in [0.25, 0.3) is 0 Å². The fraction of sp³-hybridized carbons (Fsp3) is 0.615. The Kier molecular flexibility index (Phi) is 5.23. The Bertz CT molecular complexity index is 433. The second kappa shape index (κ2) is 6.47. The Hall–Kier alpha value is -1.69. The highest BCUT2D eigenvalue weighted by atomic mass is 16.5. The topological polar surface area (TPSA) is 84.3 Å². The molecule has 0 aliphatic rings. The van der Waals surface area contributed by atoms with Crippen molar-refractivity contribution in [1.82, 2.24) is 9.97 Å². The summed E-state index contributed by atoms with van der Waals surface area (Å²) in [5.74, 6) is 0.292. The van der Waals surface area contributed by atoms with Crippen molar-refractivity contribution in [3.8, 4) is 0 Å². The van der Waals surface area contributed by atoms with E-state index in [0.29, 0.717) is 24.7 Å². The fourth-order valence-corrected chi connectivity index (χ4v) is 1.88. The monoisotopic (exact) mass is 267 g/mol. The van der Waals surface area contributed by atoms with Crippen LogP contribution in [0.1, 0.15) is 37.8 Å². The van der Waals surface area contributed by atoms with Gasteiger partial charge in [-0.05, 0) is 25.3 Å². The zero-order chi connectivity index (χ0) is 14.5. The number of nitrogens with one attached hydrogen (secondary N) is 1. The molecule has 0 aliphatic heterocycles. The van der Waals surface area contributed by atoms with Crippen molar-refractivity contribution in [2.75, 3.05) is 19.0 Å². The Morgan fingerprint density at radius 1 is 1.58 bits per heavy atom. The average molecular weight is 267 g/mol. The van der Waals surface area contributed by atoms with E-state index in [9.17, 15) is 9.90 Å². The van der Waals surface area contributed by atoms with Gasteiger partial charge in [0.2, 0.25) is 5.82 Å². The molecule has 6 heteroatoms. The van der Waals surface area contributed by atoms with Gasteiger partial charge in [0.25, 0.3) is 0 Å². The van der Waals surface area contributed by atoms with Crippen molar-refractivity contribution in [3.63, 3.8) is 0 Å². The van der Waals surface area contributed by atoms with E-state index in [1.54, 1.807) is 13.0 Å². The van der Waals surface area contributed by atoms with Gasteiger partial charge in [0.1, 0.15) is 5.82 Å². The maximum atomic E-state index is 11.3. The number of methoxy groups -OCH3 is 1. The first-order valence-corrected chi connectivity index (χ1v) is 6.21. The summed E-state index contributed by atoms with van der Waals surface area (Å²) in [6.07, 6.45) is 2.15. The van der Waals surface area contributed by atoms with Crippen LogP contribution in [0.15, 0.2) is 12.3 Å². The summed E-state index contributed by atoms with van der Waals surface area (Å²) >= 11 is 0. The van der Waals surface area contributed by atoms with E-state index in [-0.39, 0.29) is 5.82 Å². The lowest BCUT2D eigenvalue weighted by molar-refractivity contribution is 0.0514. The minimum absolute atomic E-state index is 0.00370. The van der Waals surface area contributed by atoms with Crippen molar-refractivity contribution in [3.05, 3.63) is 18.1 Å². The van der Waals surface area contributed by atoms with Gasteiger partial charge in [-0.1, -0.05) is 13.8 Å². The van der Waals surface area contributed by atoms with E-state index < -0.39 is 11.6 Å². The van der Waals surface area contributed by atoms with Crippen molar-refractivity contribution >= 4 is 11.8 Å². The van der Waals surface area contributed by atoms with Gasteiger partial charge in [0.15, 0.2) is 0 Å². The molecule has 1 heterocycles. The third-order valence-electron chi connectivity index (χ3n) is 2.52. The maximum absolute atomic E-state index is 11.3. The van der Waals surface area contributed by atoms with Crippen molar-refractivity contribution in [2.45, 2.75) is 32.8 Å². The first-order valence-electron chi connectivity index (χ1n) is 6.21. The summed E-state index contributed by atoms with van der Waals surface area (Å²) in [4.78, 5) is 19.1. The zero-order valence-electron chi connectivity index (χ0n) is 11.8. The lowest BCUT2D eigenvalue weighted by atomic mass is 9.94. The summed E-state index contributed by atoms with van der Waals surface area (Å²) < 4.78 is 4.55. The molecule has 0 fully saturated rings. The molecular formula is C13H21N3O3. The number of anilines is 1. The predicted molar refractivity (Wildman–Crippen MR) is 71.9 cm³/mol. The molecule has 0 saturated heterocycles. The van der Waals surface area contributed by atoms with Crippen LogP contribution in [0.3, 0.4) is 0 Å². The van der Waals surface area contributed by atoms with Gasteiger partial charge >= 0.3 is 5.97 Å². The lowest BCUT2D eigenvalue weighted by Crippen LogP contribution is -2.35. The SMILES string of the molecule is COC(=O)c1nccc(NCC(C)(O)CC(C)C)n1. The Balaban J connectivity index is 2.65. The van der Waals surface area contributed by atoms with Gasteiger partial charge < -0.3 is 15.2 Å². The number of nitrogens with zero attached hydrogens (tertiary/aromatic N) is 2. The van der Waals surface area contributed by atoms with Crippen LogP contribution < -0.4 is 5.32 Å². The first kappa shape index (κ1) is 15.4. The van der Waals surface area contributed by atoms with E-state index >= 15 is 0 Å². The highest BCUT2D eigenvalue weighted by molar-refractivity contribution is 5.85. The molecule has 0 spiro atoms. The molecule has 0 radical (unpaired) electrons. The zero-order valence-corrected chi connectivity index (χ0v) is 11.8. The predicted octanol–water partition coefficient (Wildman–Crippen LogP) is 1.47. The van der Waals surface area contributed by atoms with Gasteiger partial charge in [0, 0.05) is 12.7 Å². The molecule has 19 heavy (non-hydrogen) atoms. The molecule has 1 aromatic heterocycles. The third kappa shape index (κ3) is 5.21. The van der Waals surface area contributed by atoms with Crippen LogP contribution >= 0.6 is 0 Å². The number of rotatable bonds is 6. The Morgan fingerprint density at radius 2 is 2.26 bits per heavy atom. The minimum atomic E-state index is -0.829. The summed E-state index contributed by atoms with van der Waals surface area (Å²) in [6, 6.07) is 1.64. The van der Waals surface area contributed by atoms with E-state index in [1.165, 1.54) is 13.3 Å². The van der Waals surface area contributed by atoms with E-state index in [2.05, 4.69) is 33.9 Å². The van der Waals surface area contributed by atoms with Crippen molar-refractivity contribution < 1.29 is 14.6 Å². The molecule has 1 atom stereocenters. The number of esters is 1. The van der Waals surface area contributed by atoms with E-state index in [0.717, 1.165) is 0 Å². The Morgan fingerprint density at radius 3 is 2.84 bits per heavy atom. The molecule has 1 aromatic rings. The molecular weight excluding hydrogens is 246 g/mol. The molecule has 0 aromatic carbocycles. The summed E-state index contributed by atoms with van der Waals surface area (Å²) in [6.45, 7) is 6.22. The summed E-state index contributed by atoms with van der Waals surface area (Å²) in [5, 5.41) is 13.2. The standard InChI is InChI=1S/C13H21N3O3/c1-9(2)7-13(3,18)8-15-10-5-6-14-11(16-10)12(17)19-4/h5-6,9,18H,7-8H2,1-4H3,(H,14,15,16). The lowest BCUT2D eigenvalue weighted by Gasteiger charge is -2.25. The van der Waals surface area contributed by atoms with Crippen molar-refractivity contribution in [1.29, 1.82) is 0 Å². The molecule has 6 nitrogen and oxygen atoms in total. The average Bonchev–Trinajstić information content (AvgIpc) is 2.34. The quantitative estimate of drug-likeness (QED) is 0.759. The molecule has 0 bridgehead atoms. The number of carbonyl (C=O) groups excluding carboxylic acids is 1. The minimum Gasteiger partial charge on any atom is -0.463 e. The van der Waals surface area contributed by atoms with Crippen LogP contribution in [0.4, 0.5) is 5.82 Å². The van der Waals surface area contributed by atoms with Crippen LogP contribution in [0, 0.1) is 5.92 Å². The number of ether oxygens (including phenoxy) is 1.